The Bertz CT molecular complexity index is 672. The van der Waals surface area contributed by atoms with E-state index in [1.165, 1.54) is 12.1 Å². The van der Waals surface area contributed by atoms with Crippen LogP contribution in [0.1, 0.15) is 19.4 Å². The van der Waals surface area contributed by atoms with Crippen LogP contribution in [0.3, 0.4) is 0 Å². The first kappa shape index (κ1) is 20.5. The highest BCUT2D eigenvalue weighted by Gasteiger charge is 2.35. The number of carbonyl (C=O) groups is 2. The fraction of sp³-hybridized carbons (Fsp3) is 0.529. The van der Waals surface area contributed by atoms with Crippen molar-refractivity contribution in [2.24, 2.45) is 5.92 Å². The molecule has 1 N–H and O–H groups in total. The Hall–Kier alpha value is -1.80. The van der Waals surface area contributed by atoms with Gasteiger partial charge in [0.15, 0.2) is 0 Å². The molecular weight excluding hydrogens is 371 g/mol. The van der Waals surface area contributed by atoms with Gasteiger partial charge in [0, 0.05) is 32.1 Å². The van der Waals surface area contributed by atoms with Crippen molar-refractivity contribution in [2.75, 3.05) is 38.0 Å². The lowest BCUT2D eigenvalue weighted by molar-refractivity contribution is -0.137. The molecule has 0 bridgehead atoms. The monoisotopic (exact) mass is 391 g/mol. The van der Waals surface area contributed by atoms with Gasteiger partial charge in [-0.05, 0) is 12.1 Å². The van der Waals surface area contributed by atoms with Crippen molar-refractivity contribution in [3.8, 4) is 0 Å². The summed E-state index contributed by atoms with van der Waals surface area (Å²) in [6.45, 7) is 5.54. The second-order valence-corrected chi connectivity index (χ2v) is 6.87. The molecule has 1 aromatic rings. The van der Waals surface area contributed by atoms with Crippen LogP contribution in [0, 0.1) is 5.92 Å². The average Bonchev–Trinajstić information content (AvgIpc) is 2.55. The molecule has 26 heavy (non-hydrogen) atoms. The number of rotatable bonds is 4. The van der Waals surface area contributed by atoms with Crippen LogP contribution < -0.4 is 5.32 Å². The van der Waals surface area contributed by atoms with E-state index in [4.69, 9.17) is 11.6 Å². The topological polar surface area (TPSA) is 52.7 Å². The Labute approximate surface area is 155 Å². The zero-order valence-corrected chi connectivity index (χ0v) is 15.3. The minimum Gasteiger partial charge on any atom is -0.340 e. The number of alkyl halides is 3. The summed E-state index contributed by atoms with van der Waals surface area (Å²) in [7, 11) is 0. The summed E-state index contributed by atoms with van der Waals surface area (Å²) < 4.78 is 39.2. The molecule has 1 heterocycles. The number of amides is 2. The molecule has 1 aliphatic rings. The van der Waals surface area contributed by atoms with Crippen molar-refractivity contribution < 1.29 is 22.8 Å². The fourth-order valence-electron chi connectivity index (χ4n) is 2.76. The van der Waals surface area contributed by atoms with Crippen molar-refractivity contribution in [3.63, 3.8) is 0 Å². The third kappa shape index (κ3) is 5.11. The van der Waals surface area contributed by atoms with Crippen LogP contribution in [0.5, 0.6) is 0 Å². The maximum Gasteiger partial charge on any atom is 0.418 e. The predicted molar refractivity (Wildman–Crippen MR) is 92.9 cm³/mol. The smallest absolute Gasteiger partial charge is 0.340 e. The highest BCUT2D eigenvalue weighted by atomic mass is 35.5. The molecule has 2 amide bonds. The zero-order chi connectivity index (χ0) is 19.5. The summed E-state index contributed by atoms with van der Waals surface area (Å²) in [6.07, 6.45) is -4.61. The average molecular weight is 392 g/mol. The van der Waals surface area contributed by atoms with E-state index in [-0.39, 0.29) is 23.4 Å². The highest BCUT2D eigenvalue weighted by molar-refractivity contribution is 6.34. The number of nitrogens with zero attached hydrogens (tertiary/aromatic N) is 2. The maximum atomic E-state index is 13.1. The Balaban J connectivity index is 1.96. The van der Waals surface area contributed by atoms with Gasteiger partial charge in [-0.25, -0.2) is 0 Å². The molecule has 9 heteroatoms. The van der Waals surface area contributed by atoms with Crippen molar-refractivity contribution in [3.05, 3.63) is 28.8 Å². The number of anilines is 1. The summed E-state index contributed by atoms with van der Waals surface area (Å²) in [5, 5.41) is 2.11. The molecule has 1 fully saturated rings. The Morgan fingerprint density at radius 3 is 2.35 bits per heavy atom. The number of hydrogen-bond acceptors (Lipinski definition) is 3. The number of nitrogens with one attached hydrogen (secondary N) is 1. The zero-order valence-electron chi connectivity index (χ0n) is 14.6. The van der Waals surface area contributed by atoms with Gasteiger partial charge in [0.1, 0.15) is 0 Å². The Kier molecular flexibility index (Phi) is 6.52. The third-order valence-corrected chi connectivity index (χ3v) is 4.44. The van der Waals surface area contributed by atoms with Gasteiger partial charge in [-0.3, -0.25) is 14.5 Å². The van der Waals surface area contributed by atoms with Gasteiger partial charge < -0.3 is 10.2 Å². The normalized spacial score (nSPS) is 16.0. The number of para-hydroxylation sites is 1. The van der Waals surface area contributed by atoms with Crippen LogP contribution >= 0.6 is 11.6 Å². The van der Waals surface area contributed by atoms with E-state index >= 15 is 0 Å². The minimum absolute atomic E-state index is 0.0555. The third-order valence-electron chi connectivity index (χ3n) is 4.13. The molecule has 2 rings (SSSR count). The van der Waals surface area contributed by atoms with Crippen molar-refractivity contribution in [1.29, 1.82) is 0 Å². The van der Waals surface area contributed by atoms with Gasteiger partial charge in [-0.2, -0.15) is 13.2 Å². The van der Waals surface area contributed by atoms with Crippen LogP contribution in [0.25, 0.3) is 0 Å². The molecule has 1 saturated heterocycles. The van der Waals surface area contributed by atoms with Gasteiger partial charge in [0.25, 0.3) is 0 Å². The fourth-order valence-corrected chi connectivity index (χ4v) is 2.98. The van der Waals surface area contributed by atoms with Gasteiger partial charge in [0.2, 0.25) is 11.8 Å². The first-order valence-corrected chi connectivity index (χ1v) is 8.64. The number of piperazine rings is 1. The quantitative estimate of drug-likeness (QED) is 0.858. The first-order chi connectivity index (χ1) is 12.1. The van der Waals surface area contributed by atoms with Crippen molar-refractivity contribution in [2.45, 2.75) is 20.0 Å². The lowest BCUT2D eigenvalue weighted by Crippen LogP contribution is -2.51. The van der Waals surface area contributed by atoms with E-state index in [1.54, 1.807) is 9.80 Å². The minimum atomic E-state index is -4.61. The molecule has 0 saturated carbocycles. The second-order valence-electron chi connectivity index (χ2n) is 6.46. The van der Waals surface area contributed by atoms with Gasteiger partial charge in [-0.15, -0.1) is 0 Å². The molecule has 1 aliphatic heterocycles. The molecule has 0 radical (unpaired) electrons. The van der Waals surface area contributed by atoms with Crippen LogP contribution in [0.2, 0.25) is 5.02 Å². The van der Waals surface area contributed by atoms with E-state index < -0.39 is 23.3 Å². The summed E-state index contributed by atoms with van der Waals surface area (Å²) in [5.41, 5.74) is -1.41. The molecule has 0 aliphatic carbocycles. The SMILES string of the molecule is CC(C)C(=O)N1CCN(CC(=O)Nc2c(Cl)cccc2C(F)(F)F)CC1. The van der Waals surface area contributed by atoms with Crippen molar-refractivity contribution >= 4 is 29.1 Å². The lowest BCUT2D eigenvalue weighted by Gasteiger charge is -2.35. The Morgan fingerprint density at radius 1 is 1.19 bits per heavy atom. The van der Waals surface area contributed by atoms with Crippen molar-refractivity contribution in [1.82, 2.24) is 9.80 Å². The number of carbonyl (C=O) groups excluding carboxylic acids is 2. The van der Waals surface area contributed by atoms with Crippen LogP contribution in [0.15, 0.2) is 18.2 Å². The standard InChI is InChI=1S/C17H21ClF3N3O2/c1-11(2)16(26)24-8-6-23(7-9-24)10-14(25)22-15-12(17(19,20)21)4-3-5-13(15)18/h3-5,11H,6-10H2,1-2H3,(H,22,25). The van der Waals surface area contributed by atoms with E-state index in [1.807, 2.05) is 13.8 Å². The molecule has 144 valence electrons. The van der Waals surface area contributed by atoms with Crippen LogP contribution in [-0.4, -0.2) is 54.3 Å². The molecule has 5 nitrogen and oxygen atoms in total. The first-order valence-electron chi connectivity index (χ1n) is 8.26. The van der Waals surface area contributed by atoms with E-state index in [0.717, 1.165) is 6.07 Å². The van der Waals surface area contributed by atoms with Gasteiger partial charge in [-0.1, -0.05) is 31.5 Å². The molecule has 0 atom stereocenters. The number of halogens is 4. The van der Waals surface area contributed by atoms with Crippen LogP contribution in [-0.2, 0) is 15.8 Å². The lowest BCUT2D eigenvalue weighted by atomic mass is 10.1. The summed E-state index contributed by atoms with van der Waals surface area (Å²) in [6, 6.07) is 3.35. The molecule has 1 aromatic carbocycles. The van der Waals surface area contributed by atoms with E-state index in [0.29, 0.717) is 26.2 Å². The van der Waals surface area contributed by atoms with Gasteiger partial charge >= 0.3 is 6.18 Å². The van der Waals surface area contributed by atoms with E-state index in [2.05, 4.69) is 5.32 Å². The summed E-state index contributed by atoms with van der Waals surface area (Å²) >= 11 is 5.83. The summed E-state index contributed by atoms with van der Waals surface area (Å²) in [5.74, 6) is -0.613. The maximum absolute atomic E-state index is 13.1. The molecule has 0 spiro atoms. The van der Waals surface area contributed by atoms with Crippen LogP contribution in [0.4, 0.5) is 18.9 Å². The number of benzene rings is 1. The second kappa shape index (κ2) is 8.26. The highest BCUT2D eigenvalue weighted by Crippen LogP contribution is 2.38. The summed E-state index contributed by atoms with van der Waals surface area (Å²) in [4.78, 5) is 27.6. The van der Waals surface area contributed by atoms with Gasteiger partial charge in [0.05, 0.1) is 22.8 Å². The van der Waals surface area contributed by atoms with E-state index in [9.17, 15) is 22.8 Å². The number of hydrogen-bond donors (Lipinski definition) is 1. The Morgan fingerprint density at radius 2 is 1.81 bits per heavy atom. The molecule has 0 aromatic heterocycles. The molecular formula is C17H21ClF3N3O2. The molecule has 0 unspecified atom stereocenters. The largest absolute Gasteiger partial charge is 0.418 e. The predicted octanol–water partition coefficient (Wildman–Crippen LogP) is 3.10.